The Labute approximate surface area is 112 Å². The van der Waals surface area contributed by atoms with E-state index in [0.717, 1.165) is 6.54 Å². The van der Waals surface area contributed by atoms with E-state index in [4.69, 9.17) is 0 Å². The normalized spacial score (nSPS) is 23.3. The van der Waals surface area contributed by atoms with Crippen LogP contribution in [-0.4, -0.2) is 41.8 Å². The average Bonchev–Trinajstić information content (AvgIpc) is 2.41. The van der Waals surface area contributed by atoms with Gasteiger partial charge in [-0.3, -0.25) is 0 Å². The third kappa shape index (κ3) is 3.94. The van der Waals surface area contributed by atoms with Gasteiger partial charge in [0.2, 0.25) is 0 Å². The molecule has 19 heavy (non-hydrogen) atoms. The van der Waals surface area contributed by atoms with Crippen molar-refractivity contribution < 1.29 is 15.0 Å². The molecular weight excluding hydrogens is 244 g/mol. The van der Waals surface area contributed by atoms with Crippen molar-refractivity contribution in [3.63, 3.8) is 0 Å². The summed E-state index contributed by atoms with van der Waals surface area (Å²) in [5, 5.41) is 23.9. The molecule has 0 aromatic heterocycles. The van der Waals surface area contributed by atoms with E-state index in [1.54, 1.807) is 0 Å². The molecule has 1 aromatic carbocycles. The van der Waals surface area contributed by atoms with E-state index >= 15 is 0 Å². The summed E-state index contributed by atoms with van der Waals surface area (Å²) in [6, 6.07) is 10.0. The van der Waals surface area contributed by atoms with Crippen LogP contribution in [-0.2, 0) is 6.54 Å². The highest BCUT2D eigenvalue weighted by molar-refractivity contribution is 5.62. The molecule has 1 fully saturated rings. The summed E-state index contributed by atoms with van der Waals surface area (Å²) in [6.45, 7) is 2.04. The maximum atomic E-state index is 10.7. The number of amides is 1. The van der Waals surface area contributed by atoms with Gasteiger partial charge in [0.1, 0.15) is 6.09 Å². The van der Waals surface area contributed by atoms with Crippen LogP contribution in [0.2, 0.25) is 0 Å². The molecule has 2 N–H and O–H groups in total. The first-order chi connectivity index (χ1) is 9.16. The summed E-state index contributed by atoms with van der Waals surface area (Å²) < 4.78 is 0. The standard InChI is InChI=1S/C14H20N2O3/c17-13-10-16(14(18)19)7-6-12(13)9-15-8-11-4-2-1-3-5-11/h1-5,12-13,15,17H,6-10H2,(H,18,19)/p-1. The van der Waals surface area contributed by atoms with E-state index in [2.05, 4.69) is 5.32 Å². The molecule has 2 atom stereocenters. The van der Waals surface area contributed by atoms with E-state index < -0.39 is 12.2 Å². The molecule has 1 aliphatic heterocycles. The molecule has 5 nitrogen and oxygen atoms in total. The smallest absolute Gasteiger partial charge is 0.137 e. The van der Waals surface area contributed by atoms with Crippen molar-refractivity contribution in [2.75, 3.05) is 19.6 Å². The number of hydrogen-bond acceptors (Lipinski definition) is 4. The lowest BCUT2D eigenvalue weighted by Gasteiger charge is -2.37. The number of nitrogens with zero attached hydrogens (tertiary/aromatic N) is 1. The molecule has 0 radical (unpaired) electrons. The van der Waals surface area contributed by atoms with Crippen LogP contribution in [0.3, 0.4) is 0 Å². The van der Waals surface area contributed by atoms with Crippen LogP contribution in [0.4, 0.5) is 4.79 Å². The molecule has 2 unspecified atom stereocenters. The zero-order valence-electron chi connectivity index (χ0n) is 10.8. The van der Waals surface area contributed by atoms with E-state index in [0.29, 0.717) is 19.5 Å². The minimum absolute atomic E-state index is 0.0966. The topological polar surface area (TPSA) is 75.6 Å². The van der Waals surface area contributed by atoms with Gasteiger partial charge in [0, 0.05) is 32.1 Å². The lowest BCUT2D eigenvalue weighted by atomic mass is 9.94. The van der Waals surface area contributed by atoms with Gasteiger partial charge in [0.15, 0.2) is 0 Å². The maximum absolute atomic E-state index is 10.7. The van der Waals surface area contributed by atoms with E-state index in [1.165, 1.54) is 10.5 Å². The lowest BCUT2D eigenvalue weighted by molar-refractivity contribution is -0.268. The third-order valence-electron chi connectivity index (χ3n) is 3.56. The molecular formula is C14H19N2O3-. The minimum atomic E-state index is -1.20. The first-order valence-corrected chi connectivity index (χ1v) is 6.55. The zero-order valence-corrected chi connectivity index (χ0v) is 10.8. The average molecular weight is 263 g/mol. The van der Waals surface area contributed by atoms with Crippen molar-refractivity contribution in [2.24, 2.45) is 5.92 Å². The predicted molar refractivity (Wildman–Crippen MR) is 69.2 cm³/mol. The Balaban J connectivity index is 1.74. The number of carboxylic acid groups (broad SMARTS) is 1. The van der Waals surface area contributed by atoms with Gasteiger partial charge >= 0.3 is 0 Å². The molecule has 1 heterocycles. The fourth-order valence-electron chi connectivity index (χ4n) is 2.38. The summed E-state index contributed by atoms with van der Waals surface area (Å²) in [5.41, 5.74) is 1.20. The van der Waals surface area contributed by atoms with Gasteiger partial charge < -0.3 is 25.2 Å². The van der Waals surface area contributed by atoms with E-state index in [9.17, 15) is 15.0 Å². The number of β-amino-alcohol motifs (C(OH)–C–C–N with tert-alkyl or cyclic N) is 1. The monoisotopic (exact) mass is 263 g/mol. The molecule has 0 bridgehead atoms. The van der Waals surface area contributed by atoms with Crippen molar-refractivity contribution in [1.29, 1.82) is 0 Å². The number of likely N-dealkylation sites (tertiary alicyclic amines) is 1. The summed E-state index contributed by atoms with van der Waals surface area (Å²) >= 11 is 0. The zero-order chi connectivity index (χ0) is 13.7. The Morgan fingerprint density at radius 3 is 2.79 bits per heavy atom. The Hall–Kier alpha value is -1.59. The van der Waals surface area contributed by atoms with Crippen LogP contribution < -0.4 is 10.4 Å². The van der Waals surface area contributed by atoms with Gasteiger partial charge in [-0.1, -0.05) is 30.3 Å². The van der Waals surface area contributed by atoms with Gasteiger partial charge in [-0.15, -0.1) is 0 Å². The van der Waals surface area contributed by atoms with Crippen LogP contribution in [0.25, 0.3) is 0 Å². The number of rotatable bonds is 4. The molecule has 1 saturated heterocycles. The summed E-state index contributed by atoms with van der Waals surface area (Å²) in [7, 11) is 0. The van der Waals surface area contributed by atoms with Gasteiger partial charge in [-0.2, -0.15) is 0 Å². The fraction of sp³-hybridized carbons (Fsp3) is 0.500. The molecule has 0 spiro atoms. The summed E-state index contributed by atoms with van der Waals surface area (Å²) in [5.74, 6) is 0.0966. The summed E-state index contributed by atoms with van der Waals surface area (Å²) in [6.07, 6.45) is -1.15. The van der Waals surface area contributed by atoms with Crippen molar-refractivity contribution in [3.8, 4) is 0 Å². The molecule has 1 amide bonds. The highest BCUT2D eigenvalue weighted by Gasteiger charge is 2.27. The number of carbonyl (C=O) groups is 1. The van der Waals surface area contributed by atoms with Crippen LogP contribution in [0.15, 0.2) is 30.3 Å². The largest absolute Gasteiger partial charge is 0.530 e. The second kappa shape index (κ2) is 6.54. The second-order valence-electron chi connectivity index (χ2n) is 4.94. The highest BCUT2D eigenvalue weighted by Crippen LogP contribution is 2.17. The second-order valence-corrected chi connectivity index (χ2v) is 4.94. The van der Waals surface area contributed by atoms with E-state index in [1.807, 2.05) is 30.3 Å². The van der Waals surface area contributed by atoms with Crippen molar-refractivity contribution in [2.45, 2.75) is 19.1 Å². The maximum Gasteiger partial charge on any atom is 0.137 e. The number of carbonyl (C=O) groups excluding carboxylic acids is 1. The number of benzene rings is 1. The summed E-state index contributed by atoms with van der Waals surface area (Å²) in [4.78, 5) is 11.9. The van der Waals surface area contributed by atoms with Crippen LogP contribution in [0.1, 0.15) is 12.0 Å². The number of nitrogens with one attached hydrogen (secondary N) is 1. The Morgan fingerprint density at radius 2 is 2.16 bits per heavy atom. The number of piperidine rings is 1. The minimum Gasteiger partial charge on any atom is -0.530 e. The Kier molecular flexibility index (Phi) is 4.76. The highest BCUT2D eigenvalue weighted by atomic mass is 16.4. The number of aliphatic hydroxyl groups is 1. The molecule has 0 saturated carbocycles. The molecule has 104 valence electrons. The number of aliphatic hydroxyl groups excluding tert-OH is 1. The Bertz CT molecular complexity index is 410. The third-order valence-corrected chi connectivity index (χ3v) is 3.56. The van der Waals surface area contributed by atoms with Gasteiger partial charge in [0.05, 0.1) is 6.10 Å². The quantitative estimate of drug-likeness (QED) is 0.789. The van der Waals surface area contributed by atoms with Crippen molar-refractivity contribution in [3.05, 3.63) is 35.9 Å². The van der Waals surface area contributed by atoms with Crippen LogP contribution in [0.5, 0.6) is 0 Å². The molecule has 5 heteroatoms. The first-order valence-electron chi connectivity index (χ1n) is 6.55. The SMILES string of the molecule is O=C([O-])N1CCC(CNCc2ccccc2)C(O)C1. The molecule has 2 rings (SSSR count). The van der Waals surface area contributed by atoms with Crippen molar-refractivity contribution >= 4 is 6.09 Å². The van der Waals surface area contributed by atoms with Gasteiger partial charge in [-0.05, 0) is 12.0 Å². The molecule has 0 aliphatic carbocycles. The van der Waals surface area contributed by atoms with Crippen LogP contribution in [0, 0.1) is 5.92 Å². The Morgan fingerprint density at radius 1 is 1.42 bits per heavy atom. The van der Waals surface area contributed by atoms with Crippen molar-refractivity contribution in [1.82, 2.24) is 10.2 Å². The lowest BCUT2D eigenvalue weighted by Crippen LogP contribution is -2.52. The van der Waals surface area contributed by atoms with Gasteiger partial charge in [0.25, 0.3) is 0 Å². The fourth-order valence-corrected chi connectivity index (χ4v) is 2.38. The van der Waals surface area contributed by atoms with E-state index in [-0.39, 0.29) is 12.5 Å². The molecule has 1 aliphatic rings. The predicted octanol–water partition coefficient (Wildman–Crippen LogP) is -0.198. The van der Waals surface area contributed by atoms with Crippen LogP contribution >= 0.6 is 0 Å². The molecule has 1 aromatic rings. The van der Waals surface area contributed by atoms with Gasteiger partial charge in [-0.25, -0.2) is 0 Å². The number of hydrogen-bond donors (Lipinski definition) is 2. The first kappa shape index (κ1) is 13.8.